The summed E-state index contributed by atoms with van der Waals surface area (Å²) in [7, 11) is 0. The van der Waals surface area contributed by atoms with Gasteiger partial charge >= 0.3 is 6.47 Å². The summed E-state index contributed by atoms with van der Waals surface area (Å²) in [5.41, 5.74) is 0. The van der Waals surface area contributed by atoms with Crippen LogP contribution in [0.3, 0.4) is 0 Å². The van der Waals surface area contributed by atoms with Gasteiger partial charge in [-0.05, 0) is 0 Å². The molecule has 0 fully saturated rings. The highest BCUT2D eigenvalue weighted by atomic mass is 19.1. The second kappa shape index (κ2) is 6.36. The number of alkyl halides is 1. The van der Waals surface area contributed by atoms with Crippen LogP contribution in [0.25, 0.3) is 0 Å². The Morgan fingerprint density at radius 2 is 2.38 bits per heavy atom. The fourth-order valence-electron chi connectivity index (χ4n) is 0.179. The van der Waals surface area contributed by atoms with Crippen molar-refractivity contribution in [3.63, 3.8) is 0 Å². The zero-order valence-corrected chi connectivity index (χ0v) is 4.22. The SMILES string of the molecule is O=[C]OCOCCF. The van der Waals surface area contributed by atoms with Crippen LogP contribution in [0.2, 0.25) is 0 Å². The van der Waals surface area contributed by atoms with E-state index in [9.17, 15) is 9.18 Å². The lowest BCUT2D eigenvalue weighted by molar-refractivity contribution is 0.000582. The molecule has 0 aliphatic heterocycles. The monoisotopic (exact) mass is 121 g/mol. The highest BCUT2D eigenvalue weighted by molar-refractivity contribution is 5.37. The van der Waals surface area contributed by atoms with Gasteiger partial charge in [0.1, 0.15) is 6.67 Å². The van der Waals surface area contributed by atoms with Crippen molar-refractivity contribution < 1.29 is 18.7 Å². The molecule has 0 aromatic carbocycles. The minimum absolute atomic E-state index is 0.0400. The predicted octanol–water partition coefficient (Wildman–Crippen LogP) is 0.0138. The summed E-state index contributed by atoms with van der Waals surface area (Å²) in [6, 6.07) is 0. The maximum atomic E-state index is 11.1. The van der Waals surface area contributed by atoms with Crippen molar-refractivity contribution in [1.29, 1.82) is 0 Å². The quantitative estimate of drug-likeness (QED) is 0.379. The largest absolute Gasteiger partial charge is 0.430 e. The molecule has 8 heavy (non-hydrogen) atoms. The lowest BCUT2D eigenvalue weighted by Crippen LogP contribution is -2.00. The molecule has 0 saturated carbocycles. The fourth-order valence-corrected chi connectivity index (χ4v) is 0.179. The molecule has 0 aliphatic carbocycles. The summed E-state index contributed by atoms with van der Waals surface area (Å²) >= 11 is 0. The zero-order chi connectivity index (χ0) is 6.24. The minimum atomic E-state index is -0.567. The lowest BCUT2D eigenvalue weighted by Gasteiger charge is -1.94. The van der Waals surface area contributed by atoms with Crippen molar-refractivity contribution in [2.24, 2.45) is 0 Å². The van der Waals surface area contributed by atoms with Gasteiger partial charge in [0.15, 0.2) is 6.79 Å². The summed E-state index contributed by atoms with van der Waals surface area (Å²) in [6.45, 7) is 0.307. The molecule has 0 bridgehead atoms. The molecule has 0 rings (SSSR count). The Morgan fingerprint density at radius 3 is 2.88 bits per heavy atom. The molecule has 47 valence electrons. The van der Waals surface area contributed by atoms with Crippen molar-refractivity contribution in [2.75, 3.05) is 20.1 Å². The van der Waals surface area contributed by atoms with Gasteiger partial charge in [0, 0.05) is 0 Å². The maximum Gasteiger partial charge on any atom is 0.419 e. The average Bonchev–Trinajstić information content (AvgIpc) is 1.81. The van der Waals surface area contributed by atoms with E-state index in [1.807, 2.05) is 0 Å². The molecule has 1 radical (unpaired) electrons. The van der Waals surface area contributed by atoms with E-state index >= 15 is 0 Å². The molecular formula is C4H6FO3. The highest BCUT2D eigenvalue weighted by Gasteiger charge is 1.83. The van der Waals surface area contributed by atoms with E-state index in [4.69, 9.17) is 0 Å². The van der Waals surface area contributed by atoms with Crippen molar-refractivity contribution in [2.45, 2.75) is 0 Å². The van der Waals surface area contributed by atoms with Crippen molar-refractivity contribution in [3.05, 3.63) is 0 Å². The van der Waals surface area contributed by atoms with E-state index in [1.54, 1.807) is 0 Å². The third-order valence-corrected chi connectivity index (χ3v) is 0.423. The van der Waals surface area contributed by atoms with Crippen LogP contribution in [-0.4, -0.2) is 26.5 Å². The molecule has 0 heterocycles. The van der Waals surface area contributed by atoms with E-state index in [2.05, 4.69) is 9.47 Å². The van der Waals surface area contributed by atoms with E-state index < -0.39 is 6.67 Å². The summed E-state index contributed by atoms with van der Waals surface area (Å²) in [5, 5.41) is 0. The summed E-state index contributed by atoms with van der Waals surface area (Å²) in [6.07, 6.45) is 0. The second-order valence-corrected chi connectivity index (χ2v) is 0.943. The molecule has 3 nitrogen and oxygen atoms in total. The first-order valence-electron chi connectivity index (χ1n) is 2.04. The predicted molar refractivity (Wildman–Crippen MR) is 23.6 cm³/mol. The third-order valence-electron chi connectivity index (χ3n) is 0.423. The molecule has 0 unspecified atom stereocenters. The standard InChI is InChI=1S/C4H6FO3/c5-1-2-7-4-8-3-6/h1-2,4H2. The van der Waals surface area contributed by atoms with Gasteiger partial charge in [-0.1, -0.05) is 0 Å². The number of hydrogen-bond acceptors (Lipinski definition) is 3. The van der Waals surface area contributed by atoms with Crippen LogP contribution < -0.4 is 0 Å². The number of rotatable bonds is 5. The molecule has 0 aliphatic rings. The molecule has 0 amide bonds. The molecule has 4 heteroatoms. The van der Waals surface area contributed by atoms with Crippen LogP contribution in [-0.2, 0) is 14.3 Å². The zero-order valence-electron chi connectivity index (χ0n) is 4.22. The van der Waals surface area contributed by atoms with E-state index in [-0.39, 0.29) is 13.4 Å². The van der Waals surface area contributed by atoms with Gasteiger partial charge in [0.05, 0.1) is 6.61 Å². The van der Waals surface area contributed by atoms with Crippen LogP contribution in [0.15, 0.2) is 0 Å². The highest BCUT2D eigenvalue weighted by Crippen LogP contribution is 1.74. The van der Waals surface area contributed by atoms with Gasteiger partial charge in [0.2, 0.25) is 0 Å². The van der Waals surface area contributed by atoms with Crippen LogP contribution in [0.4, 0.5) is 4.39 Å². The van der Waals surface area contributed by atoms with Gasteiger partial charge in [-0.15, -0.1) is 0 Å². The molecule has 0 aromatic rings. The van der Waals surface area contributed by atoms with Gasteiger partial charge in [-0.3, -0.25) is 0 Å². The van der Waals surface area contributed by atoms with Gasteiger partial charge in [-0.2, -0.15) is 0 Å². The molecule has 0 aromatic heterocycles. The first-order valence-corrected chi connectivity index (χ1v) is 2.04. The van der Waals surface area contributed by atoms with Crippen LogP contribution >= 0.6 is 0 Å². The van der Waals surface area contributed by atoms with Gasteiger partial charge in [-0.25, -0.2) is 9.18 Å². The Morgan fingerprint density at radius 1 is 1.62 bits per heavy atom. The van der Waals surface area contributed by atoms with E-state index in [0.717, 1.165) is 6.47 Å². The van der Waals surface area contributed by atoms with Crippen LogP contribution in [0, 0.1) is 0 Å². The Kier molecular flexibility index (Phi) is 5.85. The normalized spacial score (nSPS) is 8.62. The van der Waals surface area contributed by atoms with Gasteiger partial charge < -0.3 is 9.47 Å². The van der Waals surface area contributed by atoms with E-state index in [1.165, 1.54) is 0 Å². The Bertz CT molecular complexity index is 57.2. The molecule has 0 saturated heterocycles. The first-order chi connectivity index (χ1) is 3.91. The number of carbonyl (C=O) groups excluding carboxylic acids is 1. The Labute approximate surface area is 46.4 Å². The summed E-state index contributed by atoms with van der Waals surface area (Å²) in [4.78, 5) is 9.25. The van der Waals surface area contributed by atoms with Crippen LogP contribution in [0.5, 0.6) is 0 Å². The van der Waals surface area contributed by atoms with Crippen LogP contribution in [0.1, 0.15) is 0 Å². The number of ether oxygens (including phenoxy) is 2. The van der Waals surface area contributed by atoms with Gasteiger partial charge in [0.25, 0.3) is 0 Å². The number of hydrogen-bond donors (Lipinski definition) is 0. The lowest BCUT2D eigenvalue weighted by atomic mass is 10.8. The Balaban J connectivity index is 2.62. The smallest absolute Gasteiger partial charge is 0.419 e. The summed E-state index contributed by atoms with van der Waals surface area (Å²) < 4.78 is 19.4. The molecule has 0 atom stereocenters. The topological polar surface area (TPSA) is 35.5 Å². The molecule has 0 spiro atoms. The molecular weight excluding hydrogens is 115 g/mol. The van der Waals surface area contributed by atoms with E-state index in [0.29, 0.717) is 0 Å². The van der Waals surface area contributed by atoms with Crippen molar-refractivity contribution in [3.8, 4) is 0 Å². The molecule has 0 N–H and O–H groups in total. The van der Waals surface area contributed by atoms with Crippen molar-refractivity contribution >= 4 is 6.47 Å². The number of halogens is 1. The fraction of sp³-hybridized carbons (Fsp3) is 0.750. The third kappa shape index (κ3) is 5.36. The second-order valence-electron chi connectivity index (χ2n) is 0.943. The summed E-state index contributed by atoms with van der Waals surface area (Å²) in [5.74, 6) is 0. The minimum Gasteiger partial charge on any atom is -0.430 e. The Hall–Kier alpha value is -0.640. The first kappa shape index (κ1) is 7.36. The maximum absolute atomic E-state index is 11.1. The average molecular weight is 121 g/mol. The van der Waals surface area contributed by atoms with Crippen molar-refractivity contribution in [1.82, 2.24) is 0 Å².